The van der Waals surface area contributed by atoms with Gasteiger partial charge in [0.15, 0.2) is 0 Å². The van der Waals surface area contributed by atoms with Crippen molar-refractivity contribution in [3.8, 4) is 0 Å². The fourth-order valence-corrected chi connectivity index (χ4v) is 4.11. The van der Waals surface area contributed by atoms with Crippen molar-refractivity contribution in [1.82, 2.24) is 14.5 Å². The first-order chi connectivity index (χ1) is 15.9. The van der Waals surface area contributed by atoms with E-state index in [1.54, 1.807) is 36.4 Å². The van der Waals surface area contributed by atoms with Crippen LogP contribution in [0.15, 0.2) is 58.1 Å². The van der Waals surface area contributed by atoms with Gasteiger partial charge in [-0.1, -0.05) is 12.1 Å². The molecule has 3 aromatic rings. The van der Waals surface area contributed by atoms with Gasteiger partial charge in [0.25, 0.3) is 11.2 Å². The lowest BCUT2D eigenvalue weighted by molar-refractivity contribution is -0.384. The Hall–Kier alpha value is -3.95. The van der Waals surface area contributed by atoms with E-state index in [-0.39, 0.29) is 23.7 Å². The van der Waals surface area contributed by atoms with Crippen LogP contribution in [0.4, 0.5) is 11.4 Å². The summed E-state index contributed by atoms with van der Waals surface area (Å²) in [6.45, 7) is 2.75. The van der Waals surface area contributed by atoms with Crippen LogP contribution in [-0.4, -0.2) is 51.5 Å². The number of piperazine rings is 1. The van der Waals surface area contributed by atoms with Gasteiger partial charge in [-0.05, 0) is 37.1 Å². The van der Waals surface area contributed by atoms with Crippen LogP contribution in [0.1, 0.15) is 19.3 Å². The molecule has 2 heterocycles. The number of nitro groups is 1. The summed E-state index contributed by atoms with van der Waals surface area (Å²) in [5, 5.41) is 11.3. The summed E-state index contributed by atoms with van der Waals surface area (Å²) < 4.78 is 1.19. The van der Waals surface area contributed by atoms with Gasteiger partial charge in [-0.3, -0.25) is 24.3 Å². The Labute approximate surface area is 189 Å². The Kier molecular flexibility index (Phi) is 6.53. The number of nitrogens with zero attached hydrogens (tertiary/aromatic N) is 4. The second kappa shape index (κ2) is 9.68. The molecular weight excluding hydrogens is 426 g/mol. The molecule has 0 atom stereocenters. The summed E-state index contributed by atoms with van der Waals surface area (Å²) in [5.74, 6) is 0.0538. The lowest BCUT2D eigenvalue weighted by Crippen LogP contribution is -2.48. The Bertz CT molecular complexity index is 1270. The molecule has 1 amide bonds. The molecule has 10 heteroatoms. The van der Waals surface area contributed by atoms with E-state index in [1.807, 2.05) is 4.90 Å². The molecule has 1 N–H and O–H groups in total. The summed E-state index contributed by atoms with van der Waals surface area (Å²) in [5.41, 5.74) is 0.724. The Balaban J connectivity index is 1.25. The van der Waals surface area contributed by atoms with Crippen LogP contribution in [0.3, 0.4) is 0 Å². The number of anilines is 1. The predicted molar refractivity (Wildman–Crippen MR) is 125 cm³/mol. The van der Waals surface area contributed by atoms with E-state index < -0.39 is 10.6 Å². The van der Waals surface area contributed by atoms with Crippen LogP contribution < -0.4 is 16.1 Å². The van der Waals surface area contributed by atoms with Crippen LogP contribution >= 0.6 is 0 Å². The number of nitro benzene ring substituents is 1. The number of nitrogens with one attached hydrogen (secondary N) is 1. The van der Waals surface area contributed by atoms with Crippen molar-refractivity contribution in [2.24, 2.45) is 0 Å². The van der Waals surface area contributed by atoms with Crippen LogP contribution in [0.2, 0.25) is 0 Å². The number of aromatic nitrogens is 2. The van der Waals surface area contributed by atoms with Gasteiger partial charge < -0.3 is 14.8 Å². The molecular formula is C23H25N5O5. The fourth-order valence-electron chi connectivity index (χ4n) is 4.11. The van der Waals surface area contributed by atoms with Crippen LogP contribution in [0.25, 0.3) is 10.9 Å². The van der Waals surface area contributed by atoms with Crippen molar-refractivity contribution in [1.29, 1.82) is 0 Å². The van der Waals surface area contributed by atoms with E-state index in [2.05, 4.69) is 9.88 Å². The molecule has 0 saturated carbocycles. The first kappa shape index (κ1) is 22.3. The molecule has 1 fully saturated rings. The number of H-pyrrole nitrogens is 1. The fraction of sp³-hybridized carbons (Fsp3) is 0.348. The lowest BCUT2D eigenvalue weighted by Gasteiger charge is -2.36. The summed E-state index contributed by atoms with van der Waals surface area (Å²) in [4.78, 5) is 54.4. The largest absolute Gasteiger partial charge is 0.368 e. The average Bonchev–Trinajstić information content (AvgIpc) is 2.83. The number of non-ortho nitro benzene ring substituents is 1. The Morgan fingerprint density at radius 2 is 1.67 bits per heavy atom. The second-order valence-electron chi connectivity index (χ2n) is 8.03. The first-order valence-corrected chi connectivity index (χ1v) is 10.9. The third-order valence-electron chi connectivity index (χ3n) is 5.97. The predicted octanol–water partition coefficient (Wildman–Crippen LogP) is 2.12. The van der Waals surface area contributed by atoms with Crippen molar-refractivity contribution in [2.75, 3.05) is 31.1 Å². The van der Waals surface area contributed by atoms with Gasteiger partial charge >= 0.3 is 5.69 Å². The van der Waals surface area contributed by atoms with Crippen molar-refractivity contribution < 1.29 is 9.72 Å². The number of benzene rings is 2. The normalized spacial score (nSPS) is 13.9. The van der Waals surface area contributed by atoms with E-state index in [0.717, 1.165) is 5.69 Å². The number of rotatable bonds is 7. The highest BCUT2D eigenvalue weighted by Crippen LogP contribution is 2.21. The van der Waals surface area contributed by atoms with Crippen LogP contribution in [-0.2, 0) is 11.3 Å². The average molecular weight is 451 g/mol. The first-order valence-electron chi connectivity index (χ1n) is 10.9. The van der Waals surface area contributed by atoms with Crippen LogP contribution in [0, 0.1) is 10.1 Å². The molecule has 33 heavy (non-hydrogen) atoms. The maximum atomic E-state index is 12.6. The zero-order chi connectivity index (χ0) is 23.4. The smallest absolute Gasteiger partial charge is 0.328 e. The van der Waals surface area contributed by atoms with Gasteiger partial charge in [-0.15, -0.1) is 0 Å². The summed E-state index contributed by atoms with van der Waals surface area (Å²) >= 11 is 0. The SMILES string of the molecule is O=C(CCCCn1c(=O)[nH]c2ccccc2c1=O)N1CCN(c2ccc([N+](=O)[O-])cc2)CC1. The second-order valence-corrected chi connectivity index (χ2v) is 8.03. The molecule has 172 valence electrons. The number of carbonyl (C=O) groups excluding carboxylic acids is 1. The molecule has 2 aromatic carbocycles. The molecule has 0 radical (unpaired) electrons. The molecule has 1 aliphatic rings. The summed E-state index contributed by atoms with van der Waals surface area (Å²) in [6.07, 6.45) is 1.49. The van der Waals surface area contributed by atoms with Gasteiger partial charge in [0.1, 0.15) is 0 Å². The number of amides is 1. The third kappa shape index (κ3) is 4.94. The number of fused-ring (bicyclic) bond motifs is 1. The number of unbranched alkanes of at least 4 members (excludes halogenated alkanes) is 1. The quantitative estimate of drug-likeness (QED) is 0.334. The molecule has 0 aliphatic carbocycles. The van der Waals surface area contributed by atoms with Gasteiger partial charge in [0.05, 0.1) is 15.8 Å². The van der Waals surface area contributed by atoms with Crippen molar-refractivity contribution in [3.05, 3.63) is 79.5 Å². The Morgan fingerprint density at radius 1 is 0.970 bits per heavy atom. The number of hydrogen-bond acceptors (Lipinski definition) is 6. The topological polar surface area (TPSA) is 122 Å². The van der Waals surface area contributed by atoms with Gasteiger partial charge in [-0.2, -0.15) is 0 Å². The van der Waals surface area contributed by atoms with E-state index in [0.29, 0.717) is 56.3 Å². The summed E-state index contributed by atoms with van der Waals surface area (Å²) in [6, 6.07) is 13.3. The molecule has 0 spiro atoms. The van der Waals surface area contributed by atoms with Crippen LogP contribution in [0.5, 0.6) is 0 Å². The highest BCUT2D eigenvalue weighted by Gasteiger charge is 2.21. The standard InChI is InChI=1S/C23H25N5O5/c29-21(26-15-13-25(14-16-26)17-8-10-18(11-9-17)28(32)33)7-3-4-12-27-22(30)19-5-1-2-6-20(19)24-23(27)31/h1-2,5-6,8-11H,3-4,7,12-16H2,(H,24,31). The number of aromatic amines is 1. The van der Waals surface area contributed by atoms with E-state index in [9.17, 15) is 24.5 Å². The van der Waals surface area contributed by atoms with Crippen molar-refractivity contribution in [3.63, 3.8) is 0 Å². The maximum absolute atomic E-state index is 12.6. The minimum absolute atomic E-state index is 0.0538. The molecule has 0 bridgehead atoms. The molecule has 1 aromatic heterocycles. The minimum atomic E-state index is -0.438. The van der Waals surface area contributed by atoms with Gasteiger partial charge in [0, 0.05) is 57.0 Å². The lowest BCUT2D eigenvalue weighted by atomic mass is 10.2. The molecule has 0 unspecified atom stereocenters. The number of carbonyl (C=O) groups is 1. The van der Waals surface area contributed by atoms with Gasteiger partial charge in [0.2, 0.25) is 5.91 Å². The third-order valence-corrected chi connectivity index (χ3v) is 5.97. The minimum Gasteiger partial charge on any atom is -0.368 e. The van der Waals surface area contributed by atoms with Gasteiger partial charge in [-0.25, -0.2) is 4.79 Å². The number of para-hydroxylation sites is 1. The van der Waals surface area contributed by atoms with E-state index in [1.165, 1.54) is 16.7 Å². The zero-order valence-electron chi connectivity index (χ0n) is 18.1. The molecule has 10 nitrogen and oxygen atoms in total. The molecule has 1 aliphatic heterocycles. The van der Waals surface area contributed by atoms with E-state index >= 15 is 0 Å². The highest BCUT2D eigenvalue weighted by atomic mass is 16.6. The van der Waals surface area contributed by atoms with E-state index in [4.69, 9.17) is 0 Å². The van der Waals surface area contributed by atoms with Crippen molar-refractivity contribution in [2.45, 2.75) is 25.8 Å². The zero-order valence-corrected chi connectivity index (χ0v) is 18.1. The molecule has 4 rings (SSSR count). The molecule has 1 saturated heterocycles. The highest BCUT2D eigenvalue weighted by molar-refractivity contribution is 5.77. The number of hydrogen-bond donors (Lipinski definition) is 1. The van der Waals surface area contributed by atoms with Crippen molar-refractivity contribution >= 4 is 28.2 Å². The maximum Gasteiger partial charge on any atom is 0.328 e. The summed E-state index contributed by atoms with van der Waals surface area (Å²) in [7, 11) is 0. The monoisotopic (exact) mass is 451 g/mol. The Morgan fingerprint density at radius 3 is 2.36 bits per heavy atom.